The van der Waals surface area contributed by atoms with E-state index in [9.17, 15) is 62.3 Å². The number of ketones is 3. The third kappa shape index (κ3) is 18.0. The Balaban J connectivity index is 0.000000155. The number of benzene rings is 1. The van der Waals surface area contributed by atoms with Gasteiger partial charge in [0, 0.05) is 102 Å². The average Bonchev–Trinajstić information content (AvgIpc) is 0.689. The maximum atomic E-state index is 14.8. The summed E-state index contributed by atoms with van der Waals surface area (Å²) in [5.41, 5.74) is -7.95. The van der Waals surface area contributed by atoms with Crippen LogP contribution < -0.4 is 21.3 Å². The van der Waals surface area contributed by atoms with Crippen molar-refractivity contribution in [2.75, 3.05) is 141 Å². The maximum absolute atomic E-state index is 14.8. The number of hydrogen-bond donors (Lipinski definition) is 4. The van der Waals surface area contributed by atoms with Crippen LogP contribution >= 0.6 is 0 Å². The van der Waals surface area contributed by atoms with E-state index in [1.807, 2.05) is 96.9 Å². The van der Waals surface area contributed by atoms with Gasteiger partial charge in [-0.25, -0.2) is 0 Å². The van der Waals surface area contributed by atoms with Crippen molar-refractivity contribution in [3.63, 3.8) is 0 Å². The van der Waals surface area contributed by atoms with Crippen molar-refractivity contribution in [3.8, 4) is 0 Å². The molecular weight excluding hydrogens is 1750 g/mol. The smallest absolute Gasteiger partial charge is 0.322 e. The molecule has 15 heterocycles. The van der Waals surface area contributed by atoms with Crippen LogP contribution in [0, 0.1) is 37.9 Å². The first-order valence-electron chi connectivity index (χ1n) is 43.8. The number of nitrogens with one attached hydrogen (secondary N) is 4. The first-order chi connectivity index (χ1) is 65.1. The number of anilines is 2. The molecule has 6 saturated heterocycles. The highest BCUT2D eigenvalue weighted by atomic mass is 16.5. The van der Waals surface area contributed by atoms with Gasteiger partial charge in [-0.2, -0.15) is 0 Å². The molecule has 0 aliphatic carbocycles. The number of likely N-dealkylation sites (tertiary alicyclic amines) is 6. The zero-order valence-electron chi connectivity index (χ0n) is 78.3. The highest BCUT2D eigenvalue weighted by Gasteiger charge is 2.79. The zero-order valence-corrected chi connectivity index (χ0v) is 78.3. The number of rotatable bonds is 18. The van der Waals surface area contributed by atoms with Gasteiger partial charge < -0.3 is 54.6 Å². The lowest BCUT2D eigenvalue weighted by Gasteiger charge is -2.60. The Morgan fingerprint density at radius 2 is 0.640 bits per heavy atom. The highest BCUT2D eigenvalue weighted by molar-refractivity contribution is 6.20. The fourth-order valence-electron chi connectivity index (χ4n) is 20.7. The standard InChI is InChI=1S/2C28H29N5O5.C25H31N5O5.C17H22N4O4/c1-32-22(20-11-5-8-14-30-20)27(25(35)37-2)17-33(16-19-10-4-7-13-29-19)18-28(24(27)34,26(36)38-3)23(32)21-12-6-9-15-31-21;1-32-17-27(25(35)37-2)22(20-11-5-8-14-30-20)33(16-19-10-4-7-13-29-19)23(21-12-6-9-15-31-21)28(18-32,24(27)34)26(36)38-3;1-28(2)16-30-14-24(22(32)34-4)19(17-10-6-8-12-26-17)29(3)20(18-11-7-9-13-27-18)25(15-30,21(24)31)23(33)35-5;1-16(2)13(23)18-9-12(22)19-10-7-5-6-8-11(10)20-15(25)17(3,4)21-14(16)24/h2*4-15,22-23H,16-18H2,1-3H3;6-13,19-20H,14-16H2,1-5H3;5-8H,9H2,1-4H3,(H,18,23)(H,19,22)(H,20,25)(H,21,24). The van der Waals surface area contributed by atoms with Crippen molar-refractivity contribution >= 4 is 88.2 Å². The number of hydrogen-bond acceptors (Lipinski definition) is 34. The molecule has 4 N–H and O–H groups in total. The van der Waals surface area contributed by atoms with Gasteiger partial charge in [-0.05, 0) is 172 Å². The fourth-order valence-corrected chi connectivity index (χ4v) is 20.7. The van der Waals surface area contributed by atoms with Gasteiger partial charge in [-0.3, -0.25) is 132 Å². The van der Waals surface area contributed by atoms with Crippen LogP contribution in [0.25, 0.3) is 0 Å². The Kier molecular flexibility index (Phi) is 29.9. The molecule has 0 saturated carbocycles. The van der Waals surface area contributed by atoms with Crippen LogP contribution in [-0.2, 0) is 104 Å². The lowest BCUT2D eigenvalue weighted by molar-refractivity contribution is -0.207. The summed E-state index contributed by atoms with van der Waals surface area (Å²) in [6.45, 7) is 6.78. The molecule has 12 unspecified atom stereocenters. The number of ether oxygens (including phenoxy) is 6. The summed E-state index contributed by atoms with van der Waals surface area (Å²) in [6.07, 6.45) is 13.1. The number of methoxy groups -OCH3 is 6. The van der Waals surface area contributed by atoms with Gasteiger partial charge in [0.2, 0.25) is 23.6 Å². The highest BCUT2D eigenvalue weighted by Crippen LogP contribution is 2.64. The minimum Gasteiger partial charge on any atom is -0.468 e. The second-order valence-corrected chi connectivity index (χ2v) is 35.8. The van der Waals surface area contributed by atoms with Crippen molar-refractivity contribution in [2.24, 2.45) is 37.9 Å². The molecule has 7 aliphatic rings. The minimum absolute atomic E-state index is 0.00828. The molecule has 38 heteroatoms. The monoisotopic (exact) mass is 1860 g/mol. The van der Waals surface area contributed by atoms with Crippen molar-refractivity contribution in [2.45, 2.75) is 82.6 Å². The van der Waals surface area contributed by atoms with Gasteiger partial charge in [0.15, 0.2) is 49.8 Å². The van der Waals surface area contributed by atoms with Gasteiger partial charge in [-0.1, -0.05) is 60.7 Å². The molecule has 0 radical (unpaired) electrons. The third-order valence-corrected chi connectivity index (χ3v) is 26.2. The van der Waals surface area contributed by atoms with Gasteiger partial charge in [0.05, 0.1) is 149 Å². The van der Waals surface area contributed by atoms with Crippen molar-refractivity contribution in [3.05, 3.63) is 265 Å². The topological polar surface area (TPSA) is 451 Å². The Morgan fingerprint density at radius 3 is 0.941 bits per heavy atom. The van der Waals surface area contributed by atoms with Crippen LogP contribution in [0.4, 0.5) is 11.4 Å². The van der Waals surface area contributed by atoms with Crippen LogP contribution in [0.3, 0.4) is 0 Å². The molecule has 712 valence electrons. The quantitative estimate of drug-likeness (QED) is 0.0465. The maximum Gasteiger partial charge on any atom is 0.322 e. The molecule has 38 nitrogen and oxygen atoms in total. The molecule has 6 bridgehead atoms. The van der Waals surface area contributed by atoms with Crippen LogP contribution in [0.15, 0.2) is 219 Å². The largest absolute Gasteiger partial charge is 0.468 e. The summed E-state index contributed by atoms with van der Waals surface area (Å²) < 4.78 is 31.8. The SMILES string of the molecule is CC1(C)NC(=O)C(C)(C)C(=O)NCC(=O)Nc2ccccc2NC1=O.COC(=O)C12CN(C)CC(C(=O)OC)(C1=O)C(c1ccccn1)N(Cc1ccccn1)C2c1ccccn1.COC(=O)C12CN(CN(C)C)CC(C(=O)OC)(C1=O)C(c1ccccn1)N(C)C2c1ccccn1.COC(=O)C12CN(Cc3ccccn3)CC(C(=O)OC)(C1=O)C(c1ccccn1)N(C)C2c1ccccn1. The normalized spacial score (nSPS) is 26.6. The molecule has 6 fully saturated rings. The van der Waals surface area contributed by atoms with Crippen LogP contribution in [0.1, 0.15) is 109 Å². The molecule has 4 amide bonds. The van der Waals surface area contributed by atoms with E-state index in [2.05, 4.69) is 61.1 Å². The van der Waals surface area contributed by atoms with E-state index in [4.69, 9.17) is 28.4 Å². The fraction of sp³-hybridized carbons (Fsp3) is 0.398. The van der Waals surface area contributed by atoms with Crippen molar-refractivity contribution in [1.82, 2.24) is 84.8 Å². The number of piperidine rings is 6. The van der Waals surface area contributed by atoms with E-state index in [0.717, 1.165) is 5.69 Å². The molecule has 12 atom stereocenters. The molecular formula is C98H111N19O19. The summed E-state index contributed by atoms with van der Waals surface area (Å²) in [5.74, 6) is -8.13. The lowest BCUT2D eigenvalue weighted by atomic mass is 9.54. The second kappa shape index (κ2) is 41.0. The molecule has 0 spiro atoms. The average molecular weight is 1860 g/mol. The molecule has 1 aromatic carbocycles. The Morgan fingerprint density at radius 1 is 0.353 bits per heavy atom. The third-order valence-electron chi connectivity index (χ3n) is 26.2. The molecule has 9 aromatic rings. The summed E-state index contributed by atoms with van der Waals surface area (Å²) in [4.78, 5) is 226. The number of fused-ring (bicyclic) bond motifs is 7. The number of nitrogens with zero attached hydrogens (tertiary/aromatic N) is 15. The predicted octanol–water partition coefficient (Wildman–Crippen LogP) is 5.55. The van der Waals surface area contributed by atoms with Crippen LogP contribution in [-0.4, -0.2) is 287 Å². The number of Topliss-reactive ketones (excluding diaryl/α,β-unsaturated/α-hetero) is 3. The molecule has 7 aliphatic heterocycles. The van der Waals surface area contributed by atoms with Gasteiger partial charge in [0.1, 0.15) is 11.0 Å². The summed E-state index contributed by atoms with van der Waals surface area (Å²) >= 11 is 0. The van der Waals surface area contributed by atoms with Crippen LogP contribution in [0.5, 0.6) is 0 Å². The lowest BCUT2D eigenvalue weighted by Crippen LogP contribution is -2.75. The van der Waals surface area contributed by atoms with Crippen molar-refractivity contribution < 1.29 is 90.8 Å². The van der Waals surface area contributed by atoms with E-state index in [1.54, 1.807) is 192 Å². The molecule has 136 heavy (non-hydrogen) atoms. The number of aromatic nitrogens is 8. The summed E-state index contributed by atoms with van der Waals surface area (Å²) in [7, 11) is 16.7. The van der Waals surface area contributed by atoms with Gasteiger partial charge >= 0.3 is 35.8 Å². The Hall–Kier alpha value is -14.2. The molecule has 16 rings (SSSR count). The van der Waals surface area contributed by atoms with E-state index in [-0.39, 0.29) is 52.4 Å². The first kappa shape index (κ1) is 99.3. The number of amides is 4. The van der Waals surface area contributed by atoms with E-state index in [0.29, 0.717) is 64.4 Å². The van der Waals surface area contributed by atoms with Gasteiger partial charge in [-0.15, -0.1) is 0 Å². The van der Waals surface area contributed by atoms with Crippen LogP contribution in [0.2, 0.25) is 0 Å². The Bertz CT molecular complexity index is 5610. The van der Waals surface area contributed by atoms with Crippen molar-refractivity contribution in [1.29, 1.82) is 0 Å². The number of pyridine rings is 8. The number of carbonyl (C=O) groups excluding carboxylic acids is 13. The predicted molar refractivity (Wildman–Crippen MR) is 489 cm³/mol. The Labute approximate surface area is 786 Å². The second-order valence-electron chi connectivity index (χ2n) is 35.8. The number of para-hydroxylation sites is 2. The summed E-state index contributed by atoms with van der Waals surface area (Å²) in [6, 6.07) is 44.8. The van der Waals surface area contributed by atoms with E-state index < -0.39 is 156 Å². The van der Waals surface area contributed by atoms with E-state index in [1.165, 1.54) is 70.4 Å². The summed E-state index contributed by atoms with van der Waals surface area (Å²) in [5, 5.41) is 10.4. The zero-order chi connectivity index (χ0) is 98.0. The molecule has 8 aromatic heterocycles. The van der Waals surface area contributed by atoms with Gasteiger partial charge in [0.25, 0.3) is 0 Å². The number of esters is 6. The number of carbonyl (C=O) groups is 13. The van der Waals surface area contributed by atoms with E-state index >= 15 is 0 Å². The first-order valence-corrected chi connectivity index (χ1v) is 43.8. The minimum atomic E-state index is -1.77.